The standard InChI is InChI=1S/2C20H15FN2O4/c2*21-16-3-1-2-13(9-16)15-8-14-4-6-18(10-19(14)26-12-15)27-20-7-5-17(11-22-20)23(24)25/h2*1-7,9-11,15H,8,12H2. The fourth-order valence-electron chi connectivity index (χ4n) is 6.10. The maximum atomic E-state index is 13.4. The van der Waals surface area contributed by atoms with E-state index in [-0.39, 0.29) is 46.6 Å². The van der Waals surface area contributed by atoms with Gasteiger partial charge in [-0.2, -0.15) is 0 Å². The highest BCUT2D eigenvalue weighted by molar-refractivity contribution is 5.46. The van der Waals surface area contributed by atoms with Gasteiger partial charge in [-0.15, -0.1) is 0 Å². The molecule has 0 amide bonds. The second-order valence-electron chi connectivity index (χ2n) is 12.5. The maximum absolute atomic E-state index is 13.4. The maximum Gasteiger partial charge on any atom is 0.287 e. The Balaban J connectivity index is 0.000000167. The molecule has 0 saturated carbocycles. The lowest BCUT2D eigenvalue weighted by Crippen LogP contribution is -2.19. The summed E-state index contributed by atoms with van der Waals surface area (Å²) >= 11 is 0. The van der Waals surface area contributed by atoms with E-state index >= 15 is 0 Å². The fraction of sp³-hybridized carbons (Fsp3) is 0.150. The summed E-state index contributed by atoms with van der Waals surface area (Å²) in [5, 5.41) is 21.3. The van der Waals surface area contributed by atoms with Crippen LogP contribution < -0.4 is 18.9 Å². The van der Waals surface area contributed by atoms with Gasteiger partial charge < -0.3 is 18.9 Å². The molecule has 2 atom stereocenters. The summed E-state index contributed by atoms with van der Waals surface area (Å²) < 4.78 is 49.9. The smallest absolute Gasteiger partial charge is 0.287 e. The lowest BCUT2D eigenvalue weighted by molar-refractivity contribution is -0.385. The van der Waals surface area contributed by atoms with Gasteiger partial charge >= 0.3 is 0 Å². The van der Waals surface area contributed by atoms with Crippen LogP contribution in [0, 0.1) is 31.9 Å². The second kappa shape index (κ2) is 15.7. The number of benzene rings is 4. The van der Waals surface area contributed by atoms with Crippen molar-refractivity contribution in [2.24, 2.45) is 0 Å². The van der Waals surface area contributed by atoms with E-state index in [4.69, 9.17) is 18.9 Å². The van der Waals surface area contributed by atoms with Crippen molar-refractivity contribution in [1.29, 1.82) is 0 Å². The van der Waals surface area contributed by atoms with Gasteiger partial charge in [0.1, 0.15) is 47.0 Å². The molecule has 0 bridgehead atoms. The molecule has 272 valence electrons. The van der Waals surface area contributed by atoms with Crippen molar-refractivity contribution in [2.45, 2.75) is 24.7 Å². The highest BCUT2D eigenvalue weighted by Crippen LogP contribution is 2.37. The predicted octanol–water partition coefficient (Wildman–Crippen LogP) is 9.28. The van der Waals surface area contributed by atoms with Crippen LogP contribution in [0.3, 0.4) is 0 Å². The van der Waals surface area contributed by atoms with Gasteiger partial charge in [0, 0.05) is 48.2 Å². The van der Waals surface area contributed by atoms with Crippen LogP contribution in [0.25, 0.3) is 0 Å². The molecule has 4 heterocycles. The van der Waals surface area contributed by atoms with Gasteiger partial charge in [-0.1, -0.05) is 36.4 Å². The van der Waals surface area contributed by atoms with Gasteiger partial charge in [-0.05, 0) is 71.5 Å². The first-order valence-corrected chi connectivity index (χ1v) is 16.8. The van der Waals surface area contributed by atoms with Crippen molar-refractivity contribution in [1.82, 2.24) is 9.97 Å². The summed E-state index contributed by atoms with van der Waals surface area (Å²) in [5.41, 5.74) is 3.66. The fourth-order valence-corrected chi connectivity index (χ4v) is 6.10. The Morgan fingerprint density at radius 3 is 1.41 bits per heavy atom. The van der Waals surface area contributed by atoms with Gasteiger partial charge in [-0.3, -0.25) is 20.2 Å². The van der Waals surface area contributed by atoms with Crippen LogP contribution in [0.15, 0.2) is 122 Å². The van der Waals surface area contributed by atoms with Gasteiger partial charge in [0.15, 0.2) is 0 Å². The molecule has 14 heteroatoms. The molecule has 8 rings (SSSR count). The third-order valence-corrected chi connectivity index (χ3v) is 8.84. The minimum absolute atomic E-state index is 0.0938. The Labute approximate surface area is 306 Å². The lowest BCUT2D eigenvalue weighted by atomic mass is 9.90. The Bertz CT molecular complexity index is 2150. The Morgan fingerprint density at radius 2 is 1.04 bits per heavy atom. The molecule has 2 aliphatic rings. The number of fused-ring (bicyclic) bond motifs is 2. The number of pyridine rings is 2. The van der Waals surface area contributed by atoms with E-state index in [1.807, 2.05) is 24.3 Å². The third-order valence-electron chi connectivity index (χ3n) is 8.84. The number of hydrogen-bond donors (Lipinski definition) is 0. The van der Waals surface area contributed by atoms with Crippen molar-refractivity contribution in [3.8, 4) is 34.8 Å². The van der Waals surface area contributed by atoms with Crippen molar-refractivity contribution in [3.05, 3.63) is 176 Å². The number of rotatable bonds is 8. The SMILES string of the molecule is O=[N+]([O-])c1ccc(Oc2ccc3c(c2)OCC(c2cccc(F)c2)C3)nc1.O=[N+]([O-])c1ccc(Oc2ccc3c(c2)OCC(c2cccc(F)c2)C3)nc1. The van der Waals surface area contributed by atoms with Crippen LogP contribution in [0.2, 0.25) is 0 Å². The van der Waals surface area contributed by atoms with Crippen molar-refractivity contribution in [3.63, 3.8) is 0 Å². The van der Waals surface area contributed by atoms with Gasteiger partial charge in [0.2, 0.25) is 11.8 Å². The van der Waals surface area contributed by atoms with Gasteiger partial charge in [0.25, 0.3) is 11.4 Å². The quantitative estimate of drug-likeness (QED) is 0.109. The third kappa shape index (κ3) is 8.56. The van der Waals surface area contributed by atoms with Crippen LogP contribution in [0.5, 0.6) is 34.8 Å². The first-order valence-electron chi connectivity index (χ1n) is 16.8. The molecule has 0 N–H and O–H groups in total. The van der Waals surface area contributed by atoms with E-state index in [0.29, 0.717) is 36.2 Å². The molecule has 2 unspecified atom stereocenters. The Hall–Kier alpha value is -6.96. The number of halogens is 2. The minimum Gasteiger partial charge on any atom is -0.493 e. The molecular formula is C40H30F2N4O8. The molecule has 2 aliphatic heterocycles. The molecule has 54 heavy (non-hydrogen) atoms. The Morgan fingerprint density at radius 1 is 0.593 bits per heavy atom. The molecule has 0 saturated heterocycles. The highest BCUT2D eigenvalue weighted by atomic mass is 19.1. The second-order valence-corrected chi connectivity index (χ2v) is 12.5. The molecule has 12 nitrogen and oxygen atoms in total. The molecule has 0 fully saturated rings. The van der Waals surface area contributed by atoms with Crippen LogP contribution in [0.4, 0.5) is 20.2 Å². The Kier molecular flexibility index (Phi) is 10.3. The van der Waals surface area contributed by atoms with E-state index in [2.05, 4.69) is 9.97 Å². The molecule has 4 aromatic carbocycles. The summed E-state index contributed by atoms with van der Waals surface area (Å²) in [4.78, 5) is 28.2. The van der Waals surface area contributed by atoms with Crippen LogP contribution in [0.1, 0.15) is 34.1 Å². The molecule has 0 radical (unpaired) electrons. The van der Waals surface area contributed by atoms with Crippen molar-refractivity contribution >= 4 is 11.4 Å². The van der Waals surface area contributed by atoms with Gasteiger partial charge in [0.05, 0.1) is 23.1 Å². The summed E-state index contributed by atoms with van der Waals surface area (Å²) in [5.74, 6) is 2.67. The first-order chi connectivity index (χ1) is 26.2. The number of nitrogens with zero attached hydrogens (tertiary/aromatic N) is 4. The van der Waals surface area contributed by atoms with Crippen LogP contribution in [-0.2, 0) is 12.8 Å². The van der Waals surface area contributed by atoms with Gasteiger partial charge in [-0.25, -0.2) is 18.7 Å². The van der Waals surface area contributed by atoms with Crippen molar-refractivity contribution < 1.29 is 37.6 Å². The number of ether oxygens (including phenoxy) is 4. The van der Waals surface area contributed by atoms with Crippen LogP contribution >= 0.6 is 0 Å². The first kappa shape index (κ1) is 35.4. The van der Waals surface area contributed by atoms with E-state index < -0.39 is 9.85 Å². The van der Waals surface area contributed by atoms with Crippen LogP contribution in [-0.4, -0.2) is 33.0 Å². The summed E-state index contributed by atoms with van der Waals surface area (Å²) in [7, 11) is 0. The predicted molar refractivity (Wildman–Crippen MR) is 191 cm³/mol. The van der Waals surface area contributed by atoms with E-state index in [1.165, 1.54) is 48.5 Å². The monoisotopic (exact) mass is 732 g/mol. The normalized spacial score (nSPS) is 15.5. The summed E-state index contributed by atoms with van der Waals surface area (Å²) in [6.45, 7) is 0.908. The lowest BCUT2D eigenvalue weighted by Gasteiger charge is -2.26. The molecule has 6 aromatic rings. The minimum atomic E-state index is -0.515. The molecular weight excluding hydrogens is 702 g/mol. The summed E-state index contributed by atoms with van der Waals surface area (Å²) in [6, 6.07) is 29.6. The number of aromatic nitrogens is 2. The summed E-state index contributed by atoms with van der Waals surface area (Å²) in [6.07, 6.45) is 3.78. The van der Waals surface area contributed by atoms with Crippen molar-refractivity contribution in [2.75, 3.05) is 13.2 Å². The number of nitro groups is 2. The highest BCUT2D eigenvalue weighted by Gasteiger charge is 2.24. The zero-order valence-corrected chi connectivity index (χ0v) is 28.3. The zero-order valence-electron chi connectivity index (χ0n) is 28.3. The average Bonchev–Trinajstić information content (AvgIpc) is 3.18. The van der Waals surface area contributed by atoms with E-state index in [9.17, 15) is 29.0 Å². The topological polar surface area (TPSA) is 149 Å². The number of hydrogen-bond acceptors (Lipinski definition) is 10. The largest absolute Gasteiger partial charge is 0.493 e. The molecule has 0 aliphatic carbocycles. The van der Waals surface area contributed by atoms with E-state index in [1.54, 1.807) is 36.4 Å². The molecule has 2 aromatic heterocycles. The average molecular weight is 733 g/mol. The van der Waals surface area contributed by atoms with E-state index in [0.717, 1.165) is 47.5 Å². The zero-order chi connectivity index (χ0) is 37.6. The molecule has 0 spiro atoms.